The van der Waals surface area contributed by atoms with Crippen LogP contribution in [0, 0.1) is 0 Å². The van der Waals surface area contributed by atoms with Gasteiger partial charge in [0.25, 0.3) is 0 Å². The standard InChI is InChI=1S/C15H25N5S/c1-3-16-13-10-14(19-15(18-13)21-2)17-11-7-9-20-8-5-4-6-12(11)20/h10-12H,3-9H2,1-2H3,(H2,16,17,18,19). The third-order valence-electron chi connectivity index (χ3n) is 4.44. The van der Waals surface area contributed by atoms with E-state index in [-0.39, 0.29) is 0 Å². The number of nitrogens with zero attached hydrogens (tertiary/aromatic N) is 3. The van der Waals surface area contributed by atoms with Crippen LogP contribution in [0.4, 0.5) is 11.6 Å². The molecule has 0 aromatic carbocycles. The normalized spacial score (nSPS) is 25.6. The number of anilines is 2. The number of nitrogens with one attached hydrogen (secondary N) is 2. The van der Waals surface area contributed by atoms with Crippen LogP contribution in [-0.4, -0.2) is 52.8 Å². The van der Waals surface area contributed by atoms with Gasteiger partial charge in [-0.25, -0.2) is 9.97 Å². The van der Waals surface area contributed by atoms with Gasteiger partial charge in [-0.15, -0.1) is 0 Å². The van der Waals surface area contributed by atoms with Gasteiger partial charge >= 0.3 is 0 Å². The van der Waals surface area contributed by atoms with E-state index in [2.05, 4.69) is 32.4 Å². The molecular weight excluding hydrogens is 282 g/mol. The molecule has 0 aliphatic carbocycles. The first kappa shape index (κ1) is 14.9. The molecule has 2 atom stereocenters. The van der Waals surface area contributed by atoms with Gasteiger partial charge in [0.2, 0.25) is 0 Å². The summed E-state index contributed by atoms with van der Waals surface area (Å²) in [5.74, 6) is 1.88. The third kappa shape index (κ3) is 3.43. The van der Waals surface area contributed by atoms with Gasteiger partial charge in [0.15, 0.2) is 5.16 Å². The predicted octanol–water partition coefficient (Wildman–Crippen LogP) is 2.67. The summed E-state index contributed by atoms with van der Waals surface area (Å²) in [6.45, 7) is 5.46. The second-order valence-corrected chi connectivity index (χ2v) is 6.57. The Hall–Kier alpha value is -1.01. The molecule has 0 spiro atoms. The molecule has 21 heavy (non-hydrogen) atoms. The first-order valence-electron chi connectivity index (χ1n) is 7.97. The molecular formula is C15H25N5S. The highest BCUT2D eigenvalue weighted by atomic mass is 32.2. The molecule has 6 heteroatoms. The lowest BCUT2D eigenvalue weighted by Gasteiger charge is -2.32. The van der Waals surface area contributed by atoms with E-state index < -0.39 is 0 Å². The van der Waals surface area contributed by atoms with Crippen LogP contribution in [0.5, 0.6) is 0 Å². The zero-order valence-corrected chi connectivity index (χ0v) is 13.7. The number of aromatic nitrogens is 2. The van der Waals surface area contributed by atoms with Crippen LogP contribution in [0.3, 0.4) is 0 Å². The molecule has 3 heterocycles. The average molecular weight is 307 g/mol. The molecule has 2 saturated heterocycles. The van der Waals surface area contributed by atoms with Gasteiger partial charge in [-0.05, 0) is 39.0 Å². The van der Waals surface area contributed by atoms with Crippen LogP contribution >= 0.6 is 11.8 Å². The summed E-state index contributed by atoms with van der Waals surface area (Å²) in [6, 6.07) is 3.26. The molecule has 0 amide bonds. The number of rotatable bonds is 5. The lowest BCUT2D eigenvalue weighted by molar-refractivity contribution is 0.192. The first-order chi connectivity index (χ1) is 10.3. The maximum Gasteiger partial charge on any atom is 0.191 e. The molecule has 0 saturated carbocycles. The van der Waals surface area contributed by atoms with Crippen LogP contribution in [0.15, 0.2) is 11.2 Å². The van der Waals surface area contributed by atoms with Crippen LogP contribution in [0.25, 0.3) is 0 Å². The molecule has 116 valence electrons. The van der Waals surface area contributed by atoms with Crippen LogP contribution in [-0.2, 0) is 0 Å². The van der Waals surface area contributed by atoms with Gasteiger partial charge in [-0.2, -0.15) is 0 Å². The fraction of sp³-hybridized carbons (Fsp3) is 0.733. The highest BCUT2D eigenvalue weighted by Crippen LogP contribution is 2.29. The zero-order valence-electron chi connectivity index (χ0n) is 12.9. The van der Waals surface area contributed by atoms with Gasteiger partial charge in [-0.3, -0.25) is 4.90 Å². The Morgan fingerprint density at radius 1 is 1.24 bits per heavy atom. The van der Waals surface area contributed by atoms with Gasteiger partial charge < -0.3 is 10.6 Å². The van der Waals surface area contributed by atoms with E-state index in [0.29, 0.717) is 12.1 Å². The highest BCUT2D eigenvalue weighted by Gasteiger charge is 2.35. The van der Waals surface area contributed by atoms with Gasteiger partial charge in [-0.1, -0.05) is 18.2 Å². The Labute approximate surface area is 131 Å². The van der Waals surface area contributed by atoms with Crippen molar-refractivity contribution in [3.63, 3.8) is 0 Å². The molecule has 2 fully saturated rings. The van der Waals surface area contributed by atoms with E-state index in [1.165, 1.54) is 38.8 Å². The largest absolute Gasteiger partial charge is 0.370 e. The van der Waals surface area contributed by atoms with Crippen molar-refractivity contribution in [3.05, 3.63) is 6.07 Å². The van der Waals surface area contributed by atoms with Crippen molar-refractivity contribution in [2.75, 3.05) is 36.5 Å². The van der Waals surface area contributed by atoms with E-state index in [9.17, 15) is 0 Å². The third-order valence-corrected chi connectivity index (χ3v) is 4.98. The number of fused-ring (bicyclic) bond motifs is 1. The maximum absolute atomic E-state index is 4.62. The molecule has 1 aromatic rings. The van der Waals surface area contributed by atoms with E-state index in [0.717, 1.165) is 23.3 Å². The molecule has 2 aliphatic heterocycles. The molecule has 5 nitrogen and oxygen atoms in total. The number of hydrogen-bond donors (Lipinski definition) is 2. The van der Waals surface area contributed by atoms with Gasteiger partial charge in [0.05, 0.1) is 0 Å². The predicted molar refractivity (Wildman–Crippen MR) is 89.2 cm³/mol. The quantitative estimate of drug-likeness (QED) is 0.644. The molecule has 2 N–H and O–H groups in total. The Kier molecular flexibility index (Phi) is 4.85. The van der Waals surface area contributed by atoms with E-state index >= 15 is 0 Å². The van der Waals surface area contributed by atoms with E-state index in [1.807, 2.05) is 12.3 Å². The molecule has 0 bridgehead atoms. The van der Waals surface area contributed by atoms with E-state index in [1.54, 1.807) is 11.8 Å². The number of piperidine rings is 1. The minimum atomic E-state index is 0.532. The number of hydrogen-bond acceptors (Lipinski definition) is 6. The Morgan fingerprint density at radius 2 is 2.10 bits per heavy atom. The summed E-state index contributed by atoms with van der Waals surface area (Å²) in [6.07, 6.45) is 7.28. The Balaban J connectivity index is 1.73. The summed E-state index contributed by atoms with van der Waals surface area (Å²) in [4.78, 5) is 11.7. The summed E-state index contributed by atoms with van der Waals surface area (Å²) in [5.41, 5.74) is 0. The lowest BCUT2D eigenvalue weighted by Crippen LogP contribution is -2.41. The van der Waals surface area contributed by atoms with Crippen molar-refractivity contribution in [3.8, 4) is 0 Å². The Morgan fingerprint density at radius 3 is 2.90 bits per heavy atom. The van der Waals surface area contributed by atoms with Crippen molar-refractivity contribution in [1.82, 2.24) is 14.9 Å². The minimum absolute atomic E-state index is 0.532. The summed E-state index contributed by atoms with van der Waals surface area (Å²) >= 11 is 1.59. The second kappa shape index (κ2) is 6.83. The average Bonchev–Trinajstić information content (AvgIpc) is 2.91. The maximum atomic E-state index is 4.62. The summed E-state index contributed by atoms with van der Waals surface area (Å²) in [7, 11) is 0. The van der Waals surface area contributed by atoms with Crippen molar-refractivity contribution in [2.24, 2.45) is 0 Å². The smallest absolute Gasteiger partial charge is 0.191 e. The molecule has 3 rings (SSSR count). The van der Waals surface area contributed by atoms with Crippen molar-refractivity contribution in [1.29, 1.82) is 0 Å². The van der Waals surface area contributed by atoms with E-state index in [4.69, 9.17) is 0 Å². The van der Waals surface area contributed by atoms with Crippen LogP contribution in [0.2, 0.25) is 0 Å². The SMILES string of the molecule is CCNc1cc(NC2CCN3CCCCC23)nc(SC)n1. The topological polar surface area (TPSA) is 53.1 Å². The zero-order chi connectivity index (χ0) is 14.7. The highest BCUT2D eigenvalue weighted by molar-refractivity contribution is 7.98. The lowest BCUT2D eigenvalue weighted by atomic mass is 9.99. The monoisotopic (exact) mass is 307 g/mol. The second-order valence-electron chi connectivity index (χ2n) is 5.79. The molecule has 2 aliphatic rings. The summed E-state index contributed by atoms with van der Waals surface area (Å²) < 4.78 is 0. The Bertz CT molecular complexity index is 481. The fourth-order valence-corrected chi connectivity index (χ4v) is 3.85. The molecule has 0 radical (unpaired) electrons. The van der Waals surface area contributed by atoms with Crippen molar-refractivity contribution >= 4 is 23.4 Å². The number of thioether (sulfide) groups is 1. The van der Waals surface area contributed by atoms with Crippen molar-refractivity contribution < 1.29 is 0 Å². The summed E-state index contributed by atoms with van der Waals surface area (Å²) in [5, 5.41) is 7.78. The van der Waals surface area contributed by atoms with Crippen LogP contribution in [0.1, 0.15) is 32.6 Å². The van der Waals surface area contributed by atoms with Gasteiger partial charge in [0, 0.05) is 31.2 Å². The molecule has 2 unspecified atom stereocenters. The molecule has 1 aromatic heterocycles. The van der Waals surface area contributed by atoms with Crippen LogP contribution < -0.4 is 10.6 Å². The van der Waals surface area contributed by atoms with Crippen molar-refractivity contribution in [2.45, 2.75) is 49.8 Å². The minimum Gasteiger partial charge on any atom is -0.370 e. The van der Waals surface area contributed by atoms with Gasteiger partial charge in [0.1, 0.15) is 11.6 Å². The first-order valence-corrected chi connectivity index (χ1v) is 9.20. The fourth-order valence-electron chi connectivity index (χ4n) is 3.47.